The van der Waals surface area contributed by atoms with Gasteiger partial charge in [0.25, 0.3) is 5.91 Å². The smallest absolute Gasteiger partial charge is 0.253 e. The molecule has 2 amide bonds. The van der Waals surface area contributed by atoms with E-state index < -0.39 is 0 Å². The predicted octanol–water partition coefficient (Wildman–Crippen LogP) is 3.37. The lowest BCUT2D eigenvalue weighted by molar-refractivity contribution is -0.138. The van der Waals surface area contributed by atoms with Gasteiger partial charge >= 0.3 is 0 Å². The number of amides is 2. The molecular formula is C24H27FN2O4. The molecule has 7 heteroatoms. The maximum Gasteiger partial charge on any atom is 0.253 e. The van der Waals surface area contributed by atoms with Gasteiger partial charge in [0.1, 0.15) is 12.4 Å². The summed E-state index contributed by atoms with van der Waals surface area (Å²) < 4.78 is 24.9. The highest BCUT2D eigenvalue weighted by Gasteiger charge is 2.32. The minimum atomic E-state index is -0.364. The number of likely N-dealkylation sites (tertiary alicyclic amines) is 1. The van der Waals surface area contributed by atoms with Crippen LogP contribution in [0.1, 0.15) is 30.1 Å². The first-order chi connectivity index (χ1) is 15.0. The lowest BCUT2D eigenvalue weighted by Crippen LogP contribution is -2.48. The van der Waals surface area contributed by atoms with Gasteiger partial charge in [-0.25, -0.2) is 4.39 Å². The number of rotatable bonds is 5. The van der Waals surface area contributed by atoms with Crippen LogP contribution >= 0.6 is 0 Å². The highest BCUT2D eigenvalue weighted by atomic mass is 19.1. The normalized spacial score (nSPS) is 18.5. The van der Waals surface area contributed by atoms with Crippen LogP contribution in [0.5, 0.6) is 11.5 Å². The van der Waals surface area contributed by atoms with E-state index in [1.54, 1.807) is 4.90 Å². The number of hydrogen-bond donors (Lipinski definition) is 0. The molecule has 164 valence electrons. The van der Waals surface area contributed by atoms with Gasteiger partial charge in [-0.3, -0.25) is 9.59 Å². The van der Waals surface area contributed by atoms with Crippen molar-refractivity contribution in [3.63, 3.8) is 0 Å². The number of likely N-dealkylation sites (N-methyl/N-ethyl adjacent to an activating group) is 1. The van der Waals surface area contributed by atoms with Gasteiger partial charge in [-0.15, -0.1) is 0 Å². The molecule has 2 aromatic rings. The largest absolute Gasteiger partial charge is 0.486 e. The highest BCUT2D eigenvalue weighted by Crippen LogP contribution is 2.31. The standard InChI is InChI=1S/C24H27FN2O4/c1-2-26(15-20-16-30-21-5-3-4-6-22(21)31-20)23(28)18-11-13-27(14-12-18)24(29)17-7-9-19(25)10-8-17/h3-10,18,20H,2,11-16H2,1H3. The van der Waals surface area contributed by atoms with E-state index in [0.717, 1.165) is 5.75 Å². The Morgan fingerprint density at radius 1 is 1.06 bits per heavy atom. The second-order valence-electron chi connectivity index (χ2n) is 7.95. The van der Waals surface area contributed by atoms with E-state index in [0.29, 0.717) is 56.9 Å². The summed E-state index contributed by atoms with van der Waals surface area (Å²) in [6.07, 6.45) is 1.03. The molecule has 1 unspecified atom stereocenters. The third-order valence-corrected chi connectivity index (χ3v) is 5.91. The van der Waals surface area contributed by atoms with E-state index in [1.165, 1.54) is 24.3 Å². The zero-order valence-corrected chi connectivity index (χ0v) is 17.6. The number of piperidine rings is 1. The van der Waals surface area contributed by atoms with Crippen molar-refractivity contribution in [1.82, 2.24) is 9.80 Å². The average Bonchev–Trinajstić information content (AvgIpc) is 2.82. The summed E-state index contributed by atoms with van der Waals surface area (Å²) in [7, 11) is 0. The average molecular weight is 426 g/mol. The number of hydrogen-bond acceptors (Lipinski definition) is 4. The lowest BCUT2D eigenvalue weighted by atomic mass is 9.94. The van der Waals surface area contributed by atoms with Gasteiger partial charge in [-0.2, -0.15) is 0 Å². The van der Waals surface area contributed by atoms with Gasteiger partial charge in [0, 0.05) is 31.1 Å². The fraction of sp³-hybridized carbons (Fsp3) is 0.417. The highest BCUT2D eigenvalue weighted by molar-refractivity contribution is 5.94. The van der Waals surface area contributed by atoms with Crippen molar-refractivity contribution in [2.24, 2.45) is 5.92 Å². The monoisotopic (exact) mass is 426 g/mol. The van der Waals surface area contributed by atoms with Crippen LogP contribution in [-0.4, -0.2) is 60.5 Å². The van der Waals surface area contributed by atoms with Crippen molar-refractivity contribution < 1.29 is 23.5 Å². The lowest BCUT2D eigenvalue weighted by Gasteiger charge is -2.36. The topological polar surface area (TPSA) is 59.1 Å². The Morgan fingerprint density at radius 3 is 2.42 bits per heavy atom. The van der Waals surface area contributed by atoms with Crippen molar-refractivity contribution >= 4 is 11.8 Å². The Kier molecular flexibility index (Phi) is 6.39. The molecular weight excluding hydrogens is 399 g/mol. The molecule has 1 saturated heterocycles. The molecule has 1 atom stereocenters. The molecule has 4 rings (SSSR count). The first-order valence-corrected chi connectivity index (χ1v) is 10.8. The Morgan fingerprint density at radius 2 is 1.74 bits per heavy atom. The number of ether oxygens (including phenoxy) is 2. The molecule has 2 aliphatic rings. The van der Waals surface area contributed by atoms with Crippen LogP contribution in [0.4, 0.5) is 4.39 Å². The number of carbonyl (C=O) groups is 2. The Labute approximate surface area is 181 Å². The number of benzene rings is 2. The van der Waals surface area contributed by atoms with Crippen molar-refractivity contribution in [3.05, 3.63) is 59.9 Å². The fourth-order valence-electron chi connectivity index (χ4n) is 4.14. The van der Waals surface area contributed by atoms with Crippen molar-refractivity contribution in [1.29, 1.82) is 0 Å². The zero-order valence-electron chi connectivity index (χ0n) is 17.6. The fourth-order valence-corrected chi connectivity index (χ4v) is 4.14. The molecule has 31 heavy (non-hydrogen) atoms. The van der Waals surface area contributed by atoms with Crippen LogP contribution in [-0.2, 0) is 4.79 Å². The molecule has 6 nitrogen and oxygen atoms in total. The summed E-state index contributed by atoms with van der Waals surface area (Å²) in [6.45, 7) is 4.46. The summed E-state index contributed by atoms with van der Waals surface area (Å²) in [5.74, 6) is 0.926. The quantitative estimate of drug-likeness (QED) is 0.736. The number of fused-ring (bicyclic) bond motifs is 1. The SMILES string of the molecule is CCN(CC1COc2ccccc2O1)C(=O)C1CCN(C(=O)c2ccc(F)cc2)CC1. The second-order valence-corrected chi connectivity index (χ2v) is 7.95. The van der Waals surface area contributed by atoms with Crippen molar-refractivity contribution in [2.45, 2.75) is 25.9 Å². The van der Waals surface area contributed by atoms with Gasteiger partial charge in [0.2, 0.25) is 5.91 Å². The van der Waals surface area contributed by atoms with Gasteiger partial charge < -0.3 is 19.3 Å². The first kappa shape index (κ1) is 21.2. The van der Waals surface area contributed by atoms with E-state index in [4.69, 9.17) is 9.47 Å². The van der Waals surface area contributed by atoms with E-state index in [-0.39, 0.29) is 29.7 Å². The van der Waals surface area contributed by atoms with Crippen molar-refractivity contribution in [3.8, 4) is 11.5 Å². The summed E-state index contributed by atoms with van der Waals surface area (Å²) in [5, 5.41) is 0. The zero-order chi connectivity index (χ0) is 21.8. The molecule has 0 saturated carbocycles. The number of para-hydroxylation sites is 2. The molecule has 2 aromatic carbocycles. The van der Waals surface area contributed by atoms with Crippen molar-refractivity contribution in [2.75, 3.05) is 32.8 Å². The van der Waals surface area contributed by atoms with Crippen LogP contribution < -0.4 is 9.47 Å². The molecule has 0 N–H and O–H groups in total. The van der Waals surface area contributed by atoms with Crippen LogP contribution in [0.25, 0.3) is 0 Å². The summed E-state index contributed by atoms with van der Waals surface area (Å²) in [5.41, 5.74) is 0.469. The van der Waals surface area contributed by atoms with Gasteiger partial charge in [0.05, 0.1) is 6.54 Å². The van der Waals surface area contributed by atoms with Crippen LogP contribution in [0.3, 0.4) is 0 Å². The van der Waals surface area contributed by atoms with Crippen LogP contribution in [0.15, 0.2) is 48.5 Å². The third-order valence-electron chi connectivity index (χ3n) is 5.91. The van der Waals surface area contributed by atoms with Gasteiger partial charge in [-0.1, -0.05) is 12.1 Å². The van der Waals surface area contributed by atoms with E-state index in [9.17, 15) is 14.0 Å². The Bertz CT molecular complexity index is 925. The molecule has 0 spiro atoms. The molecule has 0 bridgehead atoms. The molecule has 2 heterocycles. The molecule has 0 radical (unpaired) electrons. The van der Waals surface area contributed by atoms with Gasteiger partial charge in [0.15, 0.2) is 17.6 Å². The Hall–Kier alpha value is -3.09. The maximum absolute atomic E-state index is 13.1. The molecule has 2 aliphatic heterocycles. The van der Waals surface area contributed by atoms with Gasteiger partial charge in [-0.05, 0) is 56.2 Å². The van der Waals surface area contributed by atoms with E-state index in [2.05, 4.69) is 0 Å². The third kappa shape index (κ3) is 4.81. The molecule has 0 aromatic heterocycles. The number of carbonyl (C=O) groups excluding carboxylic acids is 2. The van der Waals surface area contributed by atoms with E-state index in [1.807, 2.05) is 36.1 Å². The molecule has 0 aliphatic carbocycles. The number of nitrogens with zero attached hydrogens (tertiary/aromatic N) is 2. The second kappa shape index (κ2) is 9.37. The predicted molar refractivity (Wildman–Crippen MR) is 114 cm³/mol. The van der Waals surface area contributed by atoms with Crippen LogP contribution in [0.2, 0.25) is 0 Å². The number of halogens is 1. The minimum absolute atomic E-state index is 0.0961. The minimum Gasteiger partial charge on any atom is -0.486 e. The molecule has 1 fully saturated rings. The Balaban J connectivity index is 1.31. The van der Waals surface area contributed by atoms with E-state index >= 15 is 0 Å². The first-order valence-electron chi connectivity index (χ1n) is 10.8. The summed E-state index contributed by atoms with van der Waals surface area (Å²) in [6, 6.07) is 13.1. The summed E-state index contributed by atoms with van der Waals surface area (Å²) >= 11 is 0. The maximum atomic E-state index is 13.1. The van der Waals surface area contributed by atoms with Crippen LogP contribution in [0, 0.1) is 11.7 Å². The summed E-state index contributed by atoms with van der Waals surface area (Å²) in [4.78, 5) is 29.3.